The predicted octanol–water partition coefficient (Wildman–Crippen LogP) is 1.06. The minimum atomic E-state index is -0.904. The number of methoxy groups -OCH3 is 1. The van der Waals surface area contributed by atoms with E-state index in [-0.39, 0.29) is 36.4 Å². The van der Waals surface area contributed by atoms with Crippen LogP contribution in [-0.2, 0) is 25.4 Å². The summed E-state index contributed by atoms with van der Waals surface area (Å²) >= 11 is 0. The maximum absolute atomic E-state index is 12.9. The van der Waals surface area contributed by atoms with Gasteiger partial charge in [0.1, 0.15) is 5.75 Å². The van der Waals surface area contributed by atoms with Gasteiger partial charge < -0.3 is 19.1 Å². The van der Waals surface area contributed by atoms with Crippen LogP contribution in [0.5, 0.6) is 5.75 Å². The van der Waals surface area contributed by atoms with Crippen LogP contribution in [0.15, 0.2) is 39.0 Å². The van der Waals surface area contributed by atoms with Gasteiger partial charge in [-0.15, -0.1) is 0 Å². The lowest BCUT2D eigenvalue weighted by molar-refractivity contribution is -0.000110. The van der Waals surface area contributed by atoms with Gasteiger partial charge in [0, 0.05) is 14.1 Å². The second-order valence-corrected chi connectivity index (χ2v) is 8.00. The molecule has 11 heteroatoms. The fraction of sp³-hybridized carbons (Fsp3) is 0.455. The Kier molecular flexibility index (Phi) is 7.34. The molecular formula is C22H30N6O5. The summed E-state index contributed by atoms with van der Waals surface area (Å²) < 4.78 is 14.5. The topological polar surface area (TPSA) is 125 Å². The molecule has 1 atom stereocenters. The molecule has 0 saturated carbocycles. The Morgan fingerprint density at radius 1 is 1.18 bits per heavy atom. The highest BCUT2D eigenvalue weighted by Gasteiger charge is 2.21. The Morgan fingerprint density at radius 3 is 2.45 bits per heavy atom. The van der Waals surface area contributed by atoms with Gasteiger partial charge in [-0.3, -0.25) is 13.9 Å². The number of anilines is 1. The number of aromatic nitrogens is 4. The molecule has 178 valence electrons. The molecule has 1 aromatic carbocycles. The molecule has 3 rings (SSSR count). The van der Waals surface area contributed by atoms with Crippen molar-refractivity contribution in [2.75, 3.05) is 19.1 Å². The normalized spacial score (nSPS) is 13.0. The van der Waals surface area contributed by atoms with Crippen LogP contribution in [-0.4, -0.2) is 55.4 Å². The van der Waals surface area contributed by atoms with Gasteiger partial charge in [-0.1, -0.05) is 0 Å². The smallest absolute Gasteiger partial charge is 0.332 e. The van der Waals surface area contributed by atoms with Crippen molar-refractivity contribution >= 4 is 22.8 Å². The SMILES string of the molecule is COc1ccc(/C(C)=N\Nc2nc3c(c(=O)n(C)c(=O)n3C)n2C[C@@H](O)COC(C)C)cc1. The lowest BCUT2D eigenvalue weighted by Crippen LogP contribution is -2.38. The van der Waals surface area contributed by atoms with Crippen LogP contribution < -0.4 is 21.4 Å². The number of nitrogens with one attached hydrogen (secondary N) is 1. The standard InChI is InChI=1S/C22H30N6O5/c1-13(2)33-12-16(29)11-28-18-19(26(4)22(31)27(5)20(18)30)23-21(28)25-24-14(3)15-7-9-17(32-6)10-8-15/h7-10,13,16,29H,11-12H2,1-6H3,(H,23,25)/b24-14-/t16-/m1/s1. The number of rotatable bonds is 9. The number of hydrazone groups is 1. The number of aliphatic hydroxyl groups is 1. The van der Waals surface area contributed by atoms with Gasteiger partial charge in [0.2, 0.25) is 5.95 Å². The molecule has 2 N–H and O–H groups in total. The van der Waals surface area contributed by atoms with E-state index in [4.69, 9.17) is 9.47 Å². The first-order chi connectivity index (χ1) is 15.6. The minimum absolute atomic E-state index is 0.0239. The van der Waals surface area contributed by atoms with Gasteiger partial charge >= 0.3 is 5.69 Å². The van der Waals surface area contributed by atoms with Crippen LogP contribution >= 0.6 is 0 Å². The van der Waals surface area contributed by atoms with Gasteiger partial charge in [-0.2, -0.15) is 10.1 Å². The van der Waals surface area contributed by atoms with Gasteiger partial charge in [-0.25, -0.2) is 10.2 Å². The van der Waals surface area contributed by atoms with E-state index in [1.807, 2.05) is 45.0 Å². The van der Waals surface area contributed by atoms with Crippen molar-refractivity contribution in [3.63, 3.8) is 0 Å². The monoisotopic (exact) mass is 458 g/mol. The molecule has 2 aromatic heterocycles. The molecule has 0 saturated heterocycles. The Balaban J connectivity index is 2.03. The molecule has 0 aliphatic carbocycles. The van der Waals surface area contributed by atoms with Crippen molar-refractivity contribution in [2.45, 2.75) is 39.5 Å². The fourth-order valence-electron chi connectivity index (χ4n) is 3.31. The number of aliphatic hydroxyl groups excluding tert-OH is 1. The molecule has 0 aliphatic rings. The van der Waals surface area contributed by atoms with Crippen molar-refractivity contribution in [3.8, 4) is 5.75 Å². The van der Waals surface area contributed by atoms with E-state index in [0.29, 0.717) is 5.71 Å². The molecule has 0 radical (unpaired) electrons. The molecule has 33 heavy (non-hydrogen) atoms. The van der Waals surface area contributed by atoms with E-state index in [0.717, 1.165) is 15.9 Å². The van der Waals surface area contributed by atoms with Crippen LogP contribution in [0.4, 0.5) is 5.95 Å². The molecule has 0 spiro atoms. The zero-order chi connectivity index (χ0) is 24.3. The lowest BCUT2D eigenvalue weighted by atomic mass is 10.1. The van der Waals surface area contributed by atoms with Crippen LogP contribution in [0.1, 0.15) is 26.3 Å². The third-order valence-corrected chi connectivity index (χ3v) is 5.19. The third-order valence-electron chi connectivity index (χ3n) is 5.19. The molecule has 0 aliphatic heterocycles. The number of aryl methyl sites for hydroxylation is 1. The van der Waals surface area contributed by atoms with Gasteiger partial charge in [-0.05, 0) is 50.6 Å². The molecule has 0 unspecified atom stereocenters. The van der Waals surface area contributed by atoms with Gasteiger partial charge in [0.15, 0.2) is 11.2 Å². The maximum Gasteiger partial charge on any atom is 0.332 e. The maximum atomic E-state index is 12.9. The van der Waals surface area contributed by atoms with Crippen LogP contribution in [0.3, 0.4) is 0 Å². The van der Waals surface area contributed by atoms with Crippen molar-refractivity contribution in [3.05, 3.63) is 50.7 Å². The second-order valence-electron chi connectivity index (χ2n) is 8.00. The highest BCUT2D eigenvalue weighted by Crippen LogP contribution is 2.18. The Morgan fingerprint density at radius 2 is 1.85 bits per heavy atom. The lowest BCUT2D eigenvalue weighted by Gasteiger charge is -2.16. The minimum Gasteiger partial charge on any atom is -0.497 e. The van der Waals surface area contributed by atoms with Crippen molar-refractivity contribution in [1.82, 2.24) is 18.7 Å². The first kappa shape index (κ1) is 24.2. The van der Waals surface area contributed by atoms with E-state index < -0.39 is 17.4 Å². The number of hydrogen-bond acceptors (Lipinski definition) is 8. The number of benzene rings is 1. The van der Waals surface area contributed by atoms with Crippen molar-refractivity contribution in [2.24, 2.45) is 19.2 Å². The summed E-state index contributed by atoms with van der Waals surface area (Å²) in [6.45, 7) is 5.66. The summed E-state index contributed by atoms with van der Waals surface area (Å²) in [4.78, 5) is 29.7. The Bertz CT molecular complexity index is 1270. The van der Waals surface area contributed by atoms with Crippen LogP contribution in [0.25, 0.3) is 11.2 Å². The molecule has 0 fully saturated rings. The average Bonchev–Trinajstić information content (AvgIpc) is 3.16. The van der Waals surface area contributed by atoms with Gasteiger partial charge in [0.05, 0.1) is 38.2 Å². The molecule has 3 aromatic rings. The quantitative estimate of drug-likeness (QED) is 0.363. The Labute approximate surface area is 190 Å². The summed E-state index contributed by atoms with van der Waals surface area (Å²) in [6.07, 6.45) is -0.957. The summed E-state index contributed by atoms with van der Waals surface area (Å²) in [5.41, 5.74) is 3.79. The number of ether oxygens (including phenoxy) is 2. The molecule has 0 bridgehead atoms. The predicted molar refractivity (Wildman–Crippen MR) is 126 cm³/mol. The summed E-state index contributed by atoms with van der Waals surface area (Å²) in [5, 5.41) is 14.9. The number of hydrogen-bond donors (Lipinski definition) is 2. The number of imidazole rings is 1. The van der Waals surface area contributed by atoms with Crippen LogP contribution in [0.2, 0.25) is 0 Å². The first-order valence-electron chi connectivity index (χ1n) is 10.5. The summed E-state index contributed by atoms with van der Waals surface area (Å²) in [7, 11) is 4.54. The van der Waals surface area contributed by atoms with E-state index >= 15 is 0 Å². The third kappa shape index (κ3) is 5.15. The van der Waals surface area contributed by atoms with Crippen LogP contribution in [0, 0.1) is 0 Å². The number of nitrogens with zero attached hydrogens (tertiary/aromatic N) is 5. The largest absolute Gasteiger partial charge is 0.497 e. The zero-order valence-electron chi connectivity index (χ0n) is 19.7. The number of fused-ring (bicyclic) bond motifs is 1. The van der Waals surface area contributed by atoms with E-state index in [2.05, 4.69) is 15.5 Å². The highest BCUT2D eigenvalue weighted by atomic mass is 16.5. The molecule has 0 amide bonds. The summed E-state index contributed by atoms with van der Waals surface area (Å²) in [6, 6.07) is 7.39. The zero-order valence-corrected chi connectivity index (χ0v) is 19.7. The van der Waals surface area contributed by atoms with Crippen molar-refractivity contribution < 1.29 is 14.6 Å². The van der Waals surface area contributed by atoms with Gasteiger partial charge in [0.25, 0.3) is 5.56 Å². The summed E-state index contributed by atoms with van der Waals surface area (Å²) in [5.74, 6) is 0.954. The van der Waals surface area contributed by atoms with E-state index in [1.54, 1.807) is 7.11 Å². The average molecular weight is 459 g/mol. The second kappa shape index (κ2) is 10.0. The van der Waals surface area contributed by atoms with E-state index in [1.165, 1.54) is 23.2 Å². The first-order valence-corrected chi connectivity index (χ1v) is 10.5. The fourth-order valence-corrected chi connectivity index (χ4v) is 3.31. The highest BCUT2D eigenvalue weighted by molar-refractivity contribution is 5.99. The molecule has 2 heterocycles. The molecular weight excluding hydrogens is 428 g/mol. The molecule has 11 nitrogen and oxygen atoms in total. The Hall–Kier alpha value is -3.44. The van der Waals surface area contributed by atoms with E-state index in [9.17, 15) is 14.7 Å². The van der Waals surface area contributed by atoms with Crippen molar-refractivity contribution in [1.29, 1.82) is 0 Å².